The molecule has 0 aliphatic heterocycles. The molecule has 0 radical (unpaired) electrons. The molecule has 0 aliphatic rings. The molecule has 2 rings (SSSR count). The van der Waals surface area contributed by atoms with Crippen LogP contribution >= 0.6 is 27.7 Å². The van der Waals surface area contributed by atoms with Crippen LogP contribution < -0.4 is 5.73 Å². The van der Waals surface area contributed by atoms with E-state index in [0.717, 1.165) is 16.6 Å². The number of anilines is 1. The molecule has 6 heteroatoms. The summed E-state index contributed by atoms with van der Waals surface area (Å²) in [4.78, 5) is 9.39. The number of rotatable bonds is 5. The van der Waals surface area contributed by atoms with Crippen LogP contribution in [-0.4, -0.2) is 9.97 Å². The van der Waals surface area contributed by atoms with Crippen molar-refractivity contribution in [3.05, 3.63) is 46.1 Å². The van der Waals surface area contributed by atoms with E-state index < -0.39 is 0 Å². The zero-order valence-electron chi connectivity index (χ0n) is 11.9. The van der Waals surface area contributed by atoms with Crippen molar-refractivity contribution in [2.24, 2.45) is 5.92 Å². The first-order valence-electron chi connectivity index (χ1n) is 6.65. The molecule has 21 heavy (non-hydrogen) atoms. The van der Waals surface area contributed by atoms with Crippen LogP contribution in [0.1, 0.15) is 25.4 Å². The molecule has 0 bridgehead atoms. The first kappa shape index (κ1) is 16.2. The van der Waals surface area contributed by atoms with Gasteiger partial charge < -0.3 is 5.73 Å². The quantitative estimate of drug-likeness (QED) is 0.790. The van der Waals surface area contributed by atoms with Gasteiger partial charge in [0, 0.05) is 4.90 Å². The third-order valence-electron chi connectivity index (χ3n) is 2.79. The van der Waals surface area contributed by atoms with E-state index in [4.69, 9.17) is 5.73 Å². The van der Waals surface area contributed by atoms with E-state index in [-0.39, 0.29) is 5.82 Å². The summed E-state index contributed by atoms with van der Waals surface area (Å²) in [5, 5.41) is 0. The van der Waals surface area contributed by atoms with Gasteiger partial charge in [-0.25, -0.2) is 14.4 Å². The Bertz CT molecular complexity index is 634. The van der Waals surface area contributed by atoms with Crippen LogP contribution in [0.5, 0.6) is 0 Å². The van der Waals surface area contributed by atoms with Gasteiger partial charge in [0.05, 0.1) is 15.9 Å². The lowest BCUT2D eigenvalue weighted by Crippen LogP contribution is -2.07. The Kier molecular flexibility index (Phi) is 5.58. The second kappa shape index (κ2) is 7.22. The third-order valence-corrected chi connectivity index (χ3v) is 4.70. The Labute approximate surface area is 136 Å². The maximum Gasteiger partial charge on any atom is 0.141 e. The van der Waals surface area contributed by atoms with Gasteiger partial charge in [0.25, 0.3) is 0 Å². The average Bonchev–Trinajstić information content (AvgIpc) is 2.42. The fourth-order valence-electron chi connectivity index (χ4n) is 1.86. The van der Waals surface area contributed by atoms with Crippen LogP contribution in [0.2, 0.25) is 0 Å². The molecule has 1 aromatic carbocycles. The van der Waals surface area contributed by atoms with Crippen molar-refractivity contribution in [1.29, 1.82) is 0 Å². The number of benzene rings is 1. The molecule has 2 N–H and O–H groups in total. The molecule has 0 amide bonds. The zero-order valence-corrected chi connectivity index (χ0v) is 14.3. The summed E-state index contributed by atoms with van der Waals surface area (Å²) in [6.45, 7) is 4.25. The van der Waals surface area contributed by atoms with Crippen molar-refractivity contribution in [2.45, 2.75) is 30.9 Å². The Balaban J connectivity index is 2.17. The predicted molar refractivity (Wildman–Crippen MR) is 88.6 cm³/mol. The molecule has 0 aliphatic carbocycles. The lowest BCUT2D eigenvalue weighted by atomic mass is 10.1. The minimum absolute atomic E-state index is 0.227. The number of hydrogen-bond donors (Lipinski definition) is 1. The highest BCUT2D eigenvalue weighted by molar-refractivity contribution is 9.10. The molecule has 112 valence electrons. The molecule has 0 spiro atoms. The molecule has 3 nitrogen and oxygen atoms in total. The fraction of sp³-hybridized carbons (Fsp3) is 0.333. The van der Waals surface area contributed by atoms with Crippen molar-refractivity contribution < 1.29 is 4.39 Å². The Morgan fingerprint density at radius 2 is 2.00 bits per heavy atom. The summed E-state index contributed by atoms with van der Waals surface area (Å²) in [5.41, 5.74) is 6.82. The Morgan fingerprint density at radius 3 is 2.67 bits per heavy atom. The molecule has 0 unspecified atom stereocenters. The molecule has 1 heterocycles. The molecule has 1 aromatic heterocycles. The number of aromatic nitrogens is 2. The summed E-state index contributed by atoms with van der Waals surface area (Å²) in [5.74, 6) is 1.80. The molecular weight excluding hydrogens is 353 g/mol. The smallest absolute Gasteiger partial charge is 0.141 e. The van der Waals surface area contributed by atoms with Crippen LogP contribution in [0.25, 0.3) is 0 Å². The van der Waals surface area contributed by atoms with Crippen LogP contribution in [-0.2, 0) is 12.2 Å². The first-order chi connectivity index (χ1) is 9.97. The zero-order chi connectivity index (χ0) is 15.4. The summed E-state index contributed by atoms with van der Waals surface area (Å²) in [6, 6.07) is 6.68. The van der Waals surface area contributed by atoms with E-state index >= 15 is 0 Å². The number of nitrogens with zero attached hydrogens (tertiary/aromatic N) is 2. The van der Waals surface area contributed by atoms with E-state index in [1.807, 2.05) is 6.07 Å². The second-order valence-corrected chi connectivity index (χ2v) is 6.91. The van der Waals surface area contributed by atoms with E-state index in [0.29, 0.717) is 28.2 Å². The van der Waals surface area contributed by atoms with Gasteiger partial charge in [-0.15, -0.1) is 11.8 Å². The van der Waals surface area contributed by atoms with Gasteiger partial charge in [0.2, 0.25) is 0 Å². The predicted octanol–water partition coefficient (Wildman–Crippen LogP) is 4.45. The summed E-state index contributed by atoms with van der Waals surface area (Å²) in [7, 11) is 0. The van der Waals surface area contributed by atoms with Crippen molar-refractivity contribution in [3.8, 4) is 0 Å². The molecule has 0 saturated heterocycles. The Hall–Kier alpha value is -1.14. The van der Waals surface area contributed by atoms with E-state index in [1.54, 1.807) is 12.1 Å². The first-order valence-corrected chi connectivity index (χ1v) is 8.43. The van der Waals surface area contributed by atoms with Gasteiger partial charge in [0.15, 0.2) is 0 Å². The van der Waals surface area contributed by atoms with Crippen molar-refractivity contribution >= 4 is 33.5 Å². The van der Waals surface area contributed by atoms with Gasteiger partial charge in [-0.1, -0.05) is 26.0 Å². The number of thioether (sulfide) groups is 1. The van der Waals surface area contributed by atoms with E-state index in [9.17, 15) is 4.39 Å². The minimum atomic E-state index is -0.227. The van der Waals surface area contributed by atoms with E-state index in [2.05, 4.69) is 39.7 Å². The standard InChI is InChI=1S/C15H17BrFN3S/c1-9(2)7-11-14(16)15(18)20-13(19-11)8-21-12-6-4-3-5-10(12)17/h3-6,9H,7-8H2,1-2H3,(H2,18,19,20). The van der Waals surface area contributed by atoms with Crippen molar-refractivity contribution in [1.82, 2.24) is 9.97 Å². The van der Waals surface area contributed by atoms with Gasteiger partial charge in [-0.05, 0) is 40.4 Å². The van der Waals surface area contributed by atoms with Crippen molar-refractivity contribution in [3.63, 3.8) is 0 Å². The fourth-order valence-corrected chi connectivity index (χ4v) is 2.99. The van der Waals surface area contributed by atoms with Crippen molar-refractivity contribution in [2.75, 3.05) is 5.73 Å². The summed E-state index contributed by atoms with van der Waals surface area (Å²) >= 11 is 4.81. The van der Waals surface area contributed by atoms with Crippen LogP contribution in [0.4, 0.5) is 10.2 Å². The highest BCUT2D eigenvalue weighted by Gasteiger charge is 2.12. The van der Waals surface area contributed by atoms with Crippen LogP contribution in [0.15, 0.2) is 33.6 Å². The lowest BCUT2D eigenvalue weighted by Gasteiger charge is -2.10. The average molecular weight is 370 g/mol. The van der Waals surface area contributed by atoms with Gasteiger partial charge >= 0.3 is 0 Å². The highest BCUT2D eigenvalue weighted by atomic mass is 79.9. The van der Waals surface area contributed by atoms with Crippen LogP contribution in [0, 0.1) is 11.7 Å². The molecule has 0 atom stereocenters. The molecule has 2 aromatic rings. The van der Waals surface area contributed by atoms with E-state index in [1.165, 1.54) is 17.8 Å². The number of halogens is 2. The monoisotopic (exact) mass is 369 g/mol. The second-order valence-electron chi connectivity index (χ2n) is 5.10. The van der Waals surface area contributed by atoms with Gasteiger partial charge in [-0.2, -0.15) is 0 Å². The molecule has 0 saturated carbocycles. The van der Waals surface area contributed by atoms with Gasteiger partial charge in [0.1, 0.15) is 17.5 Å². The number of nitrogen functional groups attached to an aromatic ring is 1. The lowest BCUT2D eigenvalue weighted by molar-refractivity contribution is 0.602. The normalized spacial score (nSPS) is 11.1. The topological polar surface area (TPSA) is 51.8 Å². The number of hydrogen-bond acceptors (Lipinski definition) is 4. The SMILES string of the molecule is CC(C)Cc1nc(CSc2ccccc2F)nc(N)c1Br. The van der Waals surface area contributed by atoms with Gasteiger partial charge in [-0.3, -0.25) is 0 Å². The molecular formula is C15H17BrFN3S. The largest absolute Gasteiger partial charge is 0.383 e. The molecule has 0 fully saturated rings. The minimum Gasteiger partial charge on any atom is -0.383 e. The Morgan fingerprint density at radius 1 is 1.29 bits per heavy atom. The van der Waals surface area contributed by atoms with Crippen LogP contribution in [0.3, 0.4) is 0 Å². The number of nitrogens with two attached hydrogens (primary N) is 1. The maximum absolute atomic E-state index is 13.6. The summed E-state index contributed by atoms with van der Waals surface area (Å²) in [6.07, 6.45) is 0.824. The maximum atomic E-state index is 13.6. The summed E-state index contributed by atoms with van der Waals surface area (Å²) < 4.78 is 14.4. The highest BCUT2D eigenvalue weighted by Crippen LogP contribution is 2.27. The third kappa shape index (κ3) is 4.41.